The van der Waals surface area contributed by atoms with Crippen LogP contribution in [-0.2, 0) is 19.1 Å². The topological polar surface area (TPSA) is 105 Å². The first-order chi connectivity index (χ1) is 17.0. The largest absolute Gasteiger partial charge is 0.481 e. The van der Waals surface area contributed by atoms with Gasteiger partial charge in [-0.3, -0.25) is 9.59 Å². The van der Waals surface area contributed by atoms with Crippen LogP contribution in [0, 0.1) is 5.92 Å². The molecule has 0 aromatic heterocycles. The number of aliphatic carboxylic acids is 1. The Hall–Kier alpha value is -3.39. The number of carbonyl (C=O) groups excluding carboxylic acids is 2. The van der Waals surface area contributed by atoms with E-state index in [0.29, 0.717) is 13.1 Å². The summed E-state index contributed by atoms with van der Waals surface area (Å²) in [7, 11) is 1.50. The molecule has 2 unspecified atom stereocenters. The number of carbonyl (C=O) groups is 3. The number of amides is 2. The molecule has 2 aromatic carbocycles. The van der Waals surface area contributed by atoms with Crippen molar-refractivity contribution in [3.05, 3.63) is 59.7 Å². The van der Waals surface area contributed by atoms with Crippen molar-refractivity contribution in [2.75, 3.05) is 33.4 Å². The molecule has 4 rings (SSSR count). The van der Waals surface area contributed by atoms with E-state index in [2.05, 4.69) is 29.6 Å². The van der Waals surface area contributed by atoms with Gasteiger partial charge in [-0.25, -0.2) is 4.79 Å². The van der Waals surface area contributed by atoms with Crippen molar-refractivity contribution in [1.29, 1.82) is 0 Å². The lowest BCUT2D eigenvalue weighted by atomic mass is 9.94. The number of rotatable bonds is 9. The summed E-state index contributed by atoms with van der Waals surface area (Å²) in [6, 6.07) is 16.3. The lowest BCUT2D eigenvalue weighted by molar-refractivity contribution is -0.141. The second-order valence-corrected chi connectivity index (χ2v) is 9.21. The maximum Gasteiger partial charge on any atom is 0.407 e. The molecule has 1 aliphatic heterocycles. The SMILES string of the molecule is COC(CNC(=O)OCC1c2ccccc2-c2ccccc21)CC(=O)N1CCCC(CC(=O)O)C1. The van der Waals surface area contributed by atoms with E-state index in [4.69, 9.17) is 14.6 Å². The van der Waals surface area contributed by atoms with E-state index in [1.165, 1.54) is 18.2 Å². The first-order valence-electron chi connectivity index (χ1n) is 12.1. The molecule has 1 heterocycles. The Balaban J connectivity index is 1.26. The summed E-state index contributed by atoms with van der Waals surface area (Å²) < 4.78 is 11.0. The first-order valence-corrected chi connectivity index (χ1v) is 12.1. The Morgan fingerprint density at radius 2 is 1.74 bits per heavy atom. The van der Waals surface area contributed by atoms with E-state index >= 15 is 0 Å². The fraction of sp³-hybridized carbons (Fsp3) is 0.444. The number of fused-ring (bicyclic) bond motifs is 3. The van der Waals surface area contributed by atoms with Crippen LogP contribution in [0.25, 0.3) is 11.1 Å². The molecule has 0 radical (unpaired) electrons. The Kier molecular flexibility index (Phi) is 8.02. The predicted octanol–water partition coefficient (Wildman–Crippen LogP) is 3.64. The number of hydrogen-bond acceptors (Lipinski definition) is 5. The van der Waals surface area contributed by atoms with Crippen molar-refractivity contribution in [2.24, 2.45) is 5.92 Å². The van der Waals surface area contributed by atoms with Gasteiger partial charge in [-0.1, -0.05) is 48.5 Å². The lowest BCUT2D eigenvalue weighted by Gasteiger charge is -2.33. The number of nitrogens with one attached hydrogen (secondary N) is 1. The van der Waals surface area contributed by atoms with Crippen LogP contribution in [0.5, 0.6) is 0 Å². The molecule has 0 saturated carbocycles. The van der Waals surface area contributed by atoms with Gasteiger partial charge in [-0.15, -0.1) is 0 Å². The smallest absolute Gasteiger partial charge is 0.407 e. The average molecular weight is 481 g/mol. The molecule has 8 nitrogen and oxygen atoms in total. The molecule has 1 aliphatic carbocycles. The number of piperidine rings is 1. The molecule has 2 aliphatic rings. The highest BCUT2D eigenvalue weighted by Crippen LogP contribution is 2.44. The van der Waals surface area contributed by atoms with Crippen LogP contribution in [0.4, 0.5) is 4.79 Å². The number of carboxylic acid groups (broad SMARTS) is 1. The fourth-order valence-electron chi connectivity index (χ4n) is 5.11. The number of methoxy groups -OCH3 is 1. The molecular formula is C27H32N2O6. The molecule has 35 heavy (non-hydrogen) atoms. The molecule has 2 aromatic rings. The zero-order chi connectivity index (χ0) is 24.8. The van der Waals surface area contributed by atoms with Crippen LogP contribution in [0.15, 0.2) is 48.5 Å². The van der Waals surface area contributed by atoms with E-state index in [0.717, 1.165) is 24.0 Å². The maximum atomic E-state index is 12.7. The predicted molar refractivity (Wildman–Crippen MR) is 130 cm³/mol. The van der Waals surface area contributed by atoms with Gasteiger partial charge in [-0.05, 0) is 41.0 Å². The van der Waals surface area contributed by atoms with Crippen LogP contribution in [0.2, 0.25) is 0 Å². The van der Waals surface area contributed by atoms with Crippen molar-refractivity contribution < 1.29 is 29.0 Å². The molecule has 0 spiro atoms. The standard InChI is InChI=1S/C27H32N2O6/c1-34-19(14-25(30)29-12-6-7-18(16-29)13-26(31)32)15-28-27(33)35-17-24-22-10-4-2-8-20(22)21-9-3-5-11-23(21)24/h2-5,8-11,18-19,24H,6-7,12-17H2,1H3,(H,28,33)(H,31,32). The molecule has 186 valence electrons. The van der Waals surface area contributed by atoms with Crippen LogP contribution in [0.1, 0.15) is 42.7 Å². The number of nitrogens with zero attached hydrogens (tertiary/aromatic N) is 1. The first kappa shape index (κ1) is 24.7. The summed E-state index contributed by atoms with van der Waals surface area (Å²) in [6.07, 6.45) is 0.733. The highest BCUT2D eigenvalue weighted by molar-refractivity contribution is 5.79. The van der Waals surface area contributed by atoms with E-state index in [9.17, 15) is 14.4 Å². The normalized spacial score (nSPS) is 17.9. The number of ether oxygens (including phenoxy) is 2. The lowest BCUT2D eigenvalue weighted by Crippen LogP contribution is -2.43. The van der Waals surface area contributed by atoms with Gasteiger partial charge >= 0.3 is 12.1 Å². The van der Waals surface area contributed by atoms with Crippen molar-refractivity contribution in [2.45, 2.75) is 37.7 Å². The van der Waals surface area contributed by atoms with E-state index < -0.39 is 18.2 Å². The second-order valence-electron chi connectivity index (χ2n) is 9.21. The highest BCUT2D eigenvalue weighted by atomic mass is 16.5. The summed E-state index contributed by atoms with van der Waals surface area (Å²) in [5.74, 6) is -0.983. The second kappa shape index (κ2) is 11.4. The van der Waals surface area contributed by atoms with Gasteiger partial charge in [0.1, 0.15) is 6.61 Å². The Bertz CT molecular complexity index is 1030. The number of likely N-dealkylation sites (tertiary alicyclic amines) is 1. The van der Waals surface area contributed by atoms with Crippen molar-refractivity contribution in [3.63, 3.8) is 0 Å². The van der Waals surface area contributed by atoms with Crippen LogP contribution < -0.4 is 5.32 Å². The summed E-state index contributed by atoms with van der Waals surface area (Å²) in [6.45, 7) is 1.42. The third-order valence-electron chi connectivity index (χ3n) is 6.89. The number of benzene rings is 2. The molecular weight excluding hydrogens is 448 g/mol. The third kappa shape index (κ3) is 6.00. The van der Waals surface area contributed by atoms with Crippen molar-refractivity contribution >= 4 is 18.0 Å². The Labute approximate surface area is 205 Å². The van der Waals surface area contributed by atoms with Crippen LogP contribution >= 0.6 is 0 Å². The van der Waals surface area contributed by atoms with Gasteiger partial charge in [0.2, 0.25) is 5.91 Å². The van der Waals surface area contributed by atoms with Gasteiger partial charge < -0.3 is 24.8 Å². The van der Waals surface area contributed by atoms with Crippen molar-refractivity contribution in [3.8, 4) is 11.1 Å². The van der Waals surface area contributed by atoms with Gasteiger partial charge in [0, 0.05) is 39.1 Å². The minimum atomic E-state index is -0.841. The summed E-state index contributed by atoms with van der Waals surface area (Å²) in [4.78, 5) is 37.9. The van der Waals surface area contributed by atoms with Gasteiger partial charge in [-0.2, -0.15) is 0 Å². The molecule has 2 atom stereocenters. The van der Waals surface area contributed by atoms with E-state index in [1.807, 2.05) is 24.3 Å². The van der Waals surface area contributed by atoms with E-state index in [-0.39, 0.29) is 43.7 Å². The van der Waals surface area contributed by atoms with Gasteiger partial charge in [0.05, 0.1) is 12.5 Å². The molecule has 2 amide bonds. The fourth-order valence-corrected chi connectivity index (χ4v) is 5.11. The molecule has 1 saturated heterocycles. The van der Waals surface area contributed by atoms with E-state index in [1.54, 1.807) is 4.90 Å². The summed E-state index contributed by atoms with van der Waals surface area (Å²) in [5, 5.41) is 11.7. The maximum absolute atomic E-state index is 12.7. The van der Waals surface area contributed by atoms with Gasteiger partial charge in [0.25, 0.3) is 0 Å². The monoisotopic (exact) mass is 480 g/mol. The van der Waals surface area contributed by atoms with Crippen LogP contribution in [-0.4, -0.2) is 67.4 Å². The minimum Gasteiger partial charge on any atom is -0.481 e. The third-order valence-corrected chi connectivity index (χ3v) is 6.89. The number of hydrogen-bond donors (Lipinski definition) is 2. The average Bonchev–Trinajstić information content (AvgIpc) is 3.18. The molecule has 0 bridgehead atoms. The molecule has 2 N–H and O–H groups in total. The quantitative estimate of drug-likeness (QED) is 0.568. The van der Waals surface area contributed by atoms with Crippen LogP contribution in [0.3, 0.4) is 0 Å². The molecule has 8 heteroatoms. The number of carboxylic acids is 1. The zero-order valence-corrected chi connectivity index (χ0v) is 19.9. The van der Waals surface area contributed by atoms with Crippen molar-refractivity contribution in [1.82, 2.24) is 10.2 Å². The Morgan fingerprint density at radius 1 is 1.09 bits per heavy atom. The zero-order valence-electron chi connectivity index (χ0n) is 19.9. The highest BCUT2D eigenvalue weighted by Gasteiger charge is 2.30. The summed E-state index contributed by atoms with van der Waals surface area (Å²) in [5.41, 5.74) is 4.62. The number of alkyl carbamates (subject to hydrolysis) is 1. The molecule has 1 fully saturated rings. The minimum absolute atomic E-state index is 0.0224. The summed E-state index contributed by atoms with van der Waals surface area (Å²) >= 11 is 0. The Morgan fingerprint density at radius 3 is 2.37 bits per heavy atom. The van der Waals surface area contributed by atoms with Gasteiger partial charge in [0.15, 0.2) is 0 Å².